The van der Waals surface area contributed by atoms with Crippen LogP contribution in [0, 0.1) is 13.8 Å². The molecule has 3 aromatic heterocycles. The standard InChI is InChI=1S/C20H20N6O5S2/c1-12-8-13(2)24-19(23-12)32-11-16(27)26-33(29,30)14-9-15(31-10-14)17(28)25-20(4-5-20)18-21-6-3-7-22-18/h3,6-10H,4-5,11H2,1-2H3,(H,25,28)(H,26,27). The van der Waals surface area contributed by atoms with E-state index < -0.39 is 27.4 Å². The van der Waals surface area contributed by atoms with Crippen molar-refractivity contribution >= 4 is 33.6 Å². The second-order valence-corrected chi connectivity index (χ2v) is 10.1. The number of carbonyl (C=O) groups excluding carboxylic acids is 2. The molecule has 0 spiro atoms. The van der Waals surface area contributed by atoms with Gasteiger partial charge in [0.05, 0.1) is 5.75 Å². The third-order valence-electron chi connectivity index (χ3n) is 4.75. The molecule has 0 unspecified atom stereocenters. The maximum absolute atomic E-state index is 12.6. The van der Waals surface area contributed by atoms with Crippen LogP contribution in [-0.4, -0.2) is 45.9 Å². The van der Waals surface area contributed by atoms with Crippen molar-refractivity contribution in [2.45, 2.75) is 42.3 Å². The Bertz CT molecular complexity index is 1290. The Hall–Kier alpha value is -3.32. The van der Waals surface area contributed by atoms with Crippen molar-refractivity contribution in [3.8, 4) is 0 Å². The van der Waals surface area contributed by atoms with Crippen LogP contribution in [0.2, 0.25) is 0 Å². The summed E-state index contributed by atoms with van der Waals surface area (Å²) in [7, 11) is -4.23. The van der Waals surface area contributed by atoms with Gasteiger partial charge in [-0.25, -0.2) is 33.1 Å². The topological polar surface area (TPSA) is 157 Å². The number of carbonyl (C=O) groups is 2. The van der Waals surface area contributed by atoms with Gasteiger partial charge in [0.25, 0.3) is 15.9 Å². The monoisotopic (exact) mass is 488 g/mol. The molecule has 3 heterocycles. The minimum Gasteiger partial charge on any atom is -0.458 e. The lowest BCUT2D eigenvalue weighted by molar-refractivity contribution is -0.116. The van der Waals surface area contributed by atoms with E-state index >= 15 is 0 Å². The highest BCUT2D eigenvalue weighted by Crippen LogP contribution is 2.43. The molecule has 1 aliphatic rings. The molecule has 13 heteroatoms. The number of sulfonamides is 1. The highest BCUT2D eigenvalue weighted by Gasteiger charge is 2.48. The van der Waals surface area contributed by atoms with Gasteiger partial charge in [0, 0.05) is 29.8 Å². The Balaban J connectivity index is 1.37. The number of amides is 2. The van der Waals surface area contributed by atoms with Crippen molar-refractivity contribution < 1.29 is 22.4 Å². The van der Waals surface area contributed by atoms with Gasteiger partial charge in [0.15, 0.2) is 16.7 Å². The van der Waals surface area contributed by atoms with Crippen molar-refractivity contribution in [3.05, 3.63) is 59.8 Å². The third-order valence-corrected chi connectivity index (χ3v) is 6.93. The first kappa shape index (κ1) is 22.9. The van der Waals surface area contributed by atoms with Crippen LogP contribution >= 0.6 is 11.8 Å². The lowest BCUT2D eigenvalue weighted by Crippen LogP contribution is -2.36. The molecular weight excluding hydrogens is 468 g/mol. The van der Waals surface area contributed by atoms with Gasteiger partial charge in [0.1, 0.15) is 16.7 Å². The van der Waals surface area contributed by atoms with Crippen LogP contribution in [0.25, 0.3) is 0 Å². The van der Waals surface area contributed by atoms with Gasteiger partial charge in [-0.05, 0) is 38.8 Å². The molecule has 4 rings (SSSR count). The number of hydrogen-bond donors (Lipinski definition) is 2. The van der Waals surface area contributed by atoms with Crippen LogP contribution < -0.4 is 10.0 Å². The minimum absolute atomic E-state index is 0.201. The molecule has 2 N–H and O–H groups in total. The third kappa shape index (κ3) is 5.37. The summed E-state index contributed by atoms with van der Waals surface area (Å²) in [6, 6.07) is 4.53. The predicted octanol–water partition coefficient (Wildman–Crippen LogP) is 1.49. The number of furan rings is 1. The molecule has 0 bridgehead atoms. The van der Waals surface area contributed by atoms with Gasteiger partial charge < -0.3 is 9.73 Å². The maximum Gasteiger partial charge on any atom is 0.287 e. The van der Waals surface area contributed by atoms with Gasteiger partial charge in [-0.1, -0.05) is 11.8 Å². The quantitative estimate of drug-likeness (QED) is 0.352. The fraction of sp³-hybridized carbons (Fsp3) is 0.300. The first-order chi connectivity index (χ1) is 15.7. The lowest BCUT2D eigenvalue weighted by Gasteiger charge is -2.14. The smallest absolute Gasteiger partial charge is 0.287 e. The summed E-state index contributed by atoms with van der Waals surface area (Å²) in [6.45, 7) is 3.60. The fourth-order valence-electron chi connectivity index (χ4n) is 3.06. The highest BCUT2D eigenvalue weighted by atomic mass is 32.2. The number of nitrogens with one attached hydrogen (secondary N) is 2. The van der Waals surface area contributed by atoms with E-state index in [2.05, 4.69) is 25.3 Å². The minimum atomic E-state index is -4.23. The normalized spacial score (nSPS) is 14.5. The number of hydrogen-bond acceptors (Lipinski definition) is 10. The SMILES string of the molecule is Cc1cc(C)nc(SCC(=O)NS(=O)(=O)c2coc(C(=O)NC3(c4ncccn4)CC3)c2)n1. The molecule has 0 aliphatic heterocycles. The molecule has 0 radical (unpaired) electrons. The number of thioether (sulfide) groups is 1. The van der Waals surface area contributed by atoms with Crippen molar-refractivity contribution in [2.24, 2.45) is 0 Å². The van der Waals surface area contributed by atoms with Gasteiger partial charge in [0.2, 0.25) is 5.91 Å². The van der Waals surface area contributed by atoms with Crippen molar-refractivity contribution in [1.82, 2.24) is 30.0 Å². The van der Waals surface area contributed by atoms with Crippen LogP contribution in [0.5, 0.6) is 0 Å². The summed E-state index contributed by atoms with van der Waals surface area (Å²) in [6.07, 6.45) is 5.39. The van der Waals surface area contributed by atoms with E-state index in [0.29, 0.717) is 23.8 Å². The van der Waals surface area contributed by atoms with E-state index in [-0.39, 0.29) is 16.4 Å². The first-order valence-corrected chi connectivity index (χ1v) is 12.3. The summed E-state index contributed by atoms with van der Waals surface area (Å²) >= 11 is 1.02. The lowest BCUT2D eigenvalue weighted by atomic mass is 10.2. The molecule has 0 saturated heterocycles. The van der Waals surface area contributed by atoms with Crippen LogP contribution in [0.1, 0.15) is 40.6 Å². The number of aryl methyl sites for hydroxylation is 2. The van der Waals surface area contributed by atoms with Gasteiger partial charge >= 0.3 is 0 Å². The van der Waals surface area contributed by atoms with Crippen LogP contribution in [0.4, 0.5) is 0 Å². The zero-order valence-corrected chi connectivity index (χ0v) is 19.4. The van der Waals surface area contributed by atoms with Crippen LogP contribution in [0.15, 0.2) is 51.3 Å². The van der Waals surface area contributed by atoms with E-state index in [4.69, 9.17) is 4.42 Å². The molecule has 0 atom stereocenters. The summed E-state index contributed by atoms with van der Waals surface area (Å²) in [4.78, 5) is 41.2. The van der Waals surface area contributed by atoms with E-state index in [9.17, 15) is 18.0 Å². The molecule has 3 aromatic rings. The number of rotatable bonds is 8. The largest absolute Gasteiger partial charge is 0.458 e. The van der Waals surface area contributed by atoms with Gasteiger partial charge in [-0.3, -0.25) is 9.59 Å². The molecule has 0 aromatic carbocycles. The van der Waals surface area contributed by atoms with Crippen molar-refractivity contribution in [2.75, 3.05) is 5.75 Å². The van der Waals surface area contributed by atoms with E-state index in [1.54, 1.807) is 38.4 Å². The molecule has 2 amide bonds. The van der Waals surface area contributed by atoms with Crippen LogP contribution in [-0.2, 0) is 20.4 Å². The maximum atomic E-state index is 12.6. The Kier molecular flexibility index (Phi) is 6.17. The Morgan fingerprint density at radius 2 is 1.79 bits per heavy atom. The van der Waals surface area contributed by atoms with E-state index in [0.717, 1.165) is 35.5 Å². The average molecular weight is 489 g/mol. The highest BCUT2D eigenvalue weighted by molar-refractivity contribution is 8.00. The molecule has 1 fully saturated rings. The summed E-state index contributed by atoms with van der Waals surface area (Å²) in [5.74, 6) is -1.28. The average Bonchev–Trinajstić information content (AvgIpc) is 3.35. The van der Waals surface area contributed by atoms with Crippen molar-refractivity contribution in [1.29, 1.82) is 0 Å². The number of nitrogens with zero attached hydrogens (tertiary/aromatic N) is 4. The zero-order chi connectivity index (χ0) is 23.6. The van der Waals surface area contributed by atoms with E-state index in [1.165, 1.54) is 0 Å². The Morgan fingerprint density at radius 1 is 1.12 bits per heavy atom. The summed E-state index contributed by atoms with van der Waals surface area (Å²) in [5.41, 5.74) is 0.800. The molecule has 1 aliphatic carbocycles. The molecule has 33 heavy (non-hydrogen) atoms. The van der Waals surface area contributed by atoms with Gasteiger partial charge in [-0.2, -0.15) is 0 Å². The molecule has 1 saturated carbocycles. The second-order valence-electron chi connectivity index (χ2n) is 7.51. The Labute approximate surface area is 193 Å². The number of aromatic nitrogens is 4. The van der Waals surface area contributed by atoms with Crippen LogP contribution in [0.3, 0.4) is 0 Å². The predicted molar refractivity (Wildman–Crippen MR) is 117 cm³/mol. The molecule has 11 nitrogen and oxygen atoms in total. The van der Waals surface area contributed by atoms with E-state index in [1.807, 2.05) is 4.72 Å². The molecule has 172 valence electrons. The Morgan fingerprint density at radius 3 is 2.42 bits per heavy atom. The van der Waals surface area contributed by atoms with Gasteiger partial charge in [-0.15, -0.1) is 0 Å². The second kappa shape index (κ2) is 8.90. The zero-order valence-electron chi connectivity index (χ0n) is 17.7. The van der Waals surface area contributed by atoms with Crippen molar-refractivity contribution in [3.63, 3.8) is 0 Å². The molecular formula is C20H20N6O5S2. The summed E-state index contributed by atoms with van der Waals surface area (Å²) in [5, 5.41) is 3.17. The fourth-order valence-corrected chi connectivity index (χ4v) is 4.83. The first-order valence-electron chi connectivity index (χ1n) is 9.86. The summed E-state index contributed by atoms with van der Waals surface area (Å²) < 4.78 is 32.2.